The van der Waals surface area contributed by atoms with E-state index in [2.05, 4.69) is 15.2 Å². The van der Waals surface area contributed by atoms with E-state index in [1.165, 1.54) is 5.56 Å². The van der Waals surface area contributed by atoms with Crippen LogP contribution in [0.15, 0.2) is 60.7 Å². The Morgan fingerprint density at radius 1 is 0.903 bits per heavy atom. The van der Waals surface area contributed by atoms with Crippen LogP contribution < -0.4 is 10.6 Å². The first-order chi connectivity index (χ1) is 15.2. The monoisotopic (exact) mass is 416 g/mol. The fraction of sp³-hybridized carbons (Fsp3) is 0.320. The number of fused-ring (bicyclic) bond motifs is 1. The molecule has 2 heterocycles. The largest absolute Gasteiger partial charge is 0.354 e. The summed E-state index contributed by atoms with van der Waals surface area (Å²) in [5.41, 5.74) is 3.58. The Morgan fingerprint density at radius 3 is 2.42 bits per heavy atom. The van der Waals surface area contributed by atoms with E-state index in [1.807, 2.05) is 60.7 Å². The summed E-state index contributed by atoms with van der Waals surface area (Å²) in [6.07, 6.45) is 4.84. The number of hydrogen-bond donors (Lipinski definition) is 2. The van der Waals surface area contributed by atoms with Gasteiger partial charge in [0.1, 0.15) is 11.5 Å². The van der Waals surface area contributed by atoms with Crippen molar-refractivity contribution in [1.29, 1.82) is 0 Å². The number of carbonyl (C=O) groups is 2. The van der Waals surface area contributed by atoms with Crippen LogP contribution in [-0.2, 0) is 24.2 Å². The van der Waals surface area contributed by atoms with Crippen molar-refractivity contribution >= 4 is 11.8 Å². The predicted octanol–water partition coefficient (Wildman–Crippen LogP) is 3.37. The average Bonchev–Trinajstić information content (AvgIpc) is 2.99. The topological polar surface area (TPSA) is 76.0 Å². The van der Waals surface area contributed by atoms with Crippen molar-refractivity contribution < 1.29 is 9.59 Å². The average molecular weight is 417 g/mol. The third-order valence-corrected chi connectivity index (χ3v) is 5.60. The second kappa shape index (κ2) is 10.1. The molecule has 2 N–H and O–H groups in total. The SMILES string of the molecule is O=C(CNC(=O)c1nc(-c2ccccc2)n2c1CCCCC2)NCCc1ccccc1. The summed E-state index contributed by atoms with van der Waals surface area (Å²) in [5, 5.41) is 5.62. The molecule has 0 unspecified atom stereocenters. The first-order valence-electron chi connectivity index (χ1n) is 11.0. The Morgan fingerprint density at radius 2 is 1.65 bits per heavy atom. The summed E-state index contributed by atoms with van der Waals surface area (Å²) < 4.78 is 2.18. The van der Waals surface area contributed by atoms with Gasteiger partial charge in [0.25, 0.3) is 5.91 Å². The van der Waals surface area contributed by atoms with E-state index in [-0.39, 0.29) is 18.4 Å². The highest BCUT2D eigenvalue weighted by atomic mass is 16.2. The minimum Gasteiger partial charge on any atom is -0.354 e. The zero-order chi connectivity index (χ0) is 21.5. The molecular weight excluding hydrogens is 388 g/mol. The molecule has 1 aromatic heterocycles. The van der Waals surface area contributed by atoms with Gasteiger partial charge >= 0.3 is 0 Å². The molecule has 0 fully saturated rings. The van der Waals surface area contributed by atoms with Gasteiger partial charge in [-0.25, -0.2) is 4.98 Å². The lowest BCUT2D eigenvalue weighted by atomic mass is 10.1. The molecule has 2 aromatic carbocycles. The quantitative estimate of drug-likeness (QED) is 0.620. The Hall–Kier alpha value is -3.41. The van der Waals surface area contributed by atoms with Gasteiger partial charge in [0.05, 0.1) is 12.2 Å². The van der Waals surface area contributed by atoms with E-state index in [9.17, 15) is 9.59 Å². The number of benzene rings is 2. The molecule has 0 spiro atoms. The van der Waals surface area contributed by atoms with Gasteiger partial charge in [0.15, 0.2) is 0 Å². The maximum Gasteiger partial charge on any atom is 0.272 e. The number of nitrogens with zero attached hydrogens (tertiary/aromatic N) is 2. The minimum absolute atomic E-state index is 0.0550. The lowest BCUT2D eigenvalue weighted by Crippen LogP contribution is -2.38. The summed E-state index contributed by atoms with van der Waals surface area (Å²) >= 11 is 0. The first-order valence-corrected chi connectivity index (χ1v) is 11.0. The summed E-state index contributed by atoms with van der Waals surface area (Å²) in [4.78, 5) is 29.8. The summed E-state index contributed by atoms with van der Waals surface area (Å²) in [5.74, 6) is 0.346. The van der Waals surface area contributed by atoms with Gasteiger partial charge in [-0.2, -0.15) is 0 Å². The summed E-state index contributed by atoms with van der Waals surface area (Å²) in [6.45, 7) is 1.34. The molecule has 4 rings (SSSR count). The zero-order valence-electron chi connectivity index (χ0n) is 17.6. The lowest BCUT2D eigenvalue weighted by Gasteiger charge is -2.09. The zero-order valence-corrected chi connectivity index (χ0v) is 17.6. The van der Waals surface area contributed by atoms with E-state index >= 15 is 0 Å². The first kappa shape index (κ1) is 20.8. The normalized spacial score (nSPS) is 13.2. The molecule has 31 heavy (non-hydrogen) atoms. The Bertz CT molecular complexity index is 1030. The van der Waals surface area contributed by atoms with Gasteiger partial charge in [0, 0.05) is 18.7 Å². The van der Waals surface area contributed by atoms with Crippen LogP contribution >= 0.6 is 0 Å². The molecule has 1 aliphatic rings. The highest BCUT2D eigenvalue weighted by Gasteiger charge is 2.24. The van der Waals surface area contributed by atoms with E-state index in [0.29, 0.717) is 12.2 Å². The molecule has 3 aromatic rings. The minimum atomic E-state index is -0.286. The van der Waals surface area contributed by atoms with Crippen molar-refractivity contribution in [1.82, 2.24) is 20.2 Å². The standard InChI is InChI=1S/C25H28N4O2/c30-22(26-16-15-19-10-4-1-5-11-19)18-27-25(31)23-21-14-8-3-9-17-29(21)24(28-23)20-12-6-2-7-13-20/h1-2,4-7,10-13H,3,8-9,14-18H2,(H,26,30)(H,27,31). The van der Waals surface area contributed by atoms with Gasteiger partial charge in [-0.15, -0.1) is 0 Å². The Kier molecular flexibility index (Phi) is 6.77. The number of imidazole rings is 1. The lowest BCUT2D eigenvalue weighted by molar-refractivity contribution is -0.120. The molecule has 1 aliphatic heterocycles. The van der Waals surface area contributed by atoms with Crippen LogP contribution in [-0.4, -0.2) is 34.5 Å². The van der Waals surface area contributed by atoms with Crippen molar-refractivity contribution in [3.05, 3.63) is 77.6 Å². The van der Waals surface area contributed by atoms with Gasteiger partial charge in [-0.3, -0.25) is 9.59 Å². The molecule has 160 valence electrons. The highest BCUT2D eigenvalue weighted by Crippen LogP contribution is 2.27. The van der Waals surface area contributed by atoms with Crippen LogP contribution in [0.3, 0.4) is 0 Å². The number of nitrogens with one attached hydrogen (secondary N) is 2. The summed E-state index contributed by atoms with van der Waals surface area (Å²) in [6, 6.07) is 20.0. The Labute approximate surface area is 182 Å². The molecule has 2 amide bonds. The third-order valence-electron chi connectivity index (χ3n) is 5.60. The number of rotatable bonds is 7. The van der Waals surface area contributed by atoms with Crippen molar-refractivity contribution in [3.63, 3.8) is 0 Å². The van der Waals surface area contributed by atoms with Gasteiger partial charge in [-0.05, 0) is 31.2 Å². The van der Waals surface area contributed by atoms with E-state index < -0.39 is 0 Å². The van der Waals surface area contributed by atoms with Crippen LogP contribution in [0.25, 0.3) is 11.4 Å². The number of hydrogen-bond acceptors (Lipinski definition) is 3. The van der Waals surface area contributed by atoms with Gasteiger partial charge < -0.3 is 15.2 Å². The van der Waals surface area contributed by atoms with Crippen LogP contribution in [0.1, 0.15) is 41.0 Å². The van der Waals surface area contributed by atoms with Crippen LogP contribution in [0.5, 0.6) is 0 Å². The molecule has 6 nitrogen and oxygen atoms in total. The van der Waals surface area contributed by atoms with E-state index in [1.54, 1.807) is 0 Å². The molecule has 0 saturated heterocycles. The molecular formula is C25H28N4O2. The Balaban J connectivity index is 1.40. The second-order valence-corrected chi connectivity index (χ2v) is 7.83. The molecule has 6 heteroatoms. The van der Waals surface area contributed by atoms with E-state index in [4.69, 9.17) is 4.98 Å². The van der Waals surface area contributed by atoms with E-state index in [0.717, 1.165) is 55.7 Å². The molecule has 0 aliphatic carbocycles. The summed E-state index contributed by atoms with van der Waals surface area (Å²) in [7, 11) is 0. The number of amides is 2. The molecule has 0 atom stereocenters. The molecule has 0 saturated carbocycles. The molecule has 0 radical (unpaired) electrons. The predicted molar refractivity (Wildman–Crippen MR) is 121 cm³/mol. The number of aromatic nitrogens is 2. The third kappa shape index (κ3) is 5.20. The maximum absolute atomic E-state index is 12.9. The fourth-order valence-electron chi connectivity index (χ4n) is 4.01. The van der Waals surface area contributed by atoms with Crippen LogP contribution in [0.4, 0.5) is 0 Å². The van der Waals surface area contributed by atoms with Crippen LogP contribution in [0.2, 0.25) is 0 Å². The second-order valence-electron chi connectivity index (χ2n) is 7.83. The van der Waals surface area contributed by atoms with Crippen molar-refractivity contribution in [3.8, 4) is 11.4 Å². The van der Waals surface area contributed by atoms with Crippen molar-refractivity contribution in [2.24, 2.45) is 0 Å². The number of carbonyl (C=O) groups excluding carboxylic acids is 2. The smallest absolute Gasteiger partial charge is 0.272 e. The van der Waals surface area contributed by atoms with Gasteiger partial charge in [0.2, 0.25) is 5.91 Å². The fourth-order valence-corrected chi connectivity index (χ4v) is 4.01. The highest BCUT2D eigenvalue weighted by molar-refractivity contribution is 5.96. The van der Waals surface area contributed by atoms with Gasteiger partial charge in [-0.1, -0.05) is 67.1 Å². The van der Waals surface area contributed by atoms with Crippen LogP contribution in [0, 0.1) is 0 Å². The van der Waals surface area contributed by atoms with Crippen molar-refractivity contribution in [2.45, 2.75) is 38.6 Å². The maximum atomic E-state index is 12.9. The molecule has 0 bridgehead atoms. The van der Waals surface area contributed by atoms with Crippen molar-refractivity contribution in [2.75, 3.05) is 13.1 Å².